The maximum atomic E-state index is 13.5. The van der Waals surface area contributed by atoms with Gasteiger partial charge in [0.1, 0.15) is 11.6 Å². The zero-order valence-corrected chi connectivity index (χ0v) is 10.6. The Bertz CT molecular complexity index is 543. The molecule has 0 spiro atoms. The Morgan fingerprint density at radius 1 is 1.29 bits per heavy atom. The molecule has 0 aliphatic heterocycles. The summed E-state index contributed by atoms with van der Waals surface area (Å²) in [5.41, 5.74) is -0.207. The number of amides is 1. The Labute approximate surface area is 116 Å². The Kier molecular flexibility index (Phi) is 4.15. The standard InChI is InChI=1S/C13H11F6NO/c14-8-2-1-7(10(15)5-8)6-20(9-3-4-9)12(21)13(18,19)11(16)17/h1-2,5,9,11H,3-4,6H2. The van der Waals surface area contributed by atoms with E-state index in [9.17, 15) is 31.1 Å². The number of rotatable bonds is 5. The first-order valence-corrected chi connectivity index (χ1v) is 6.14. The predicted octanol–water partition coefficient (Wildman–Crippen LogP) is 3.36. The van der Waals surface area contributed by atoms with E-state index in [2.05, 4.69) is 0 Å². The summed E-state index contributed by atoms with van der Waals surface area (Å²) in [5.74, 6) is -8.74. The van der Waals surface area contributed by atoms with E-state index in [1.54, 1.807) is 0 Å². The minimum Gasteiger partial charge on any atom is -0.330 e. The highest BCUT2D eigenvalue weighted by Gasteiger charge is 2.53. The Hall–Kier alpha value is -1.73. The molecule has 0 N–H and O–H groups in total. The fraction of sp³-hybridized carbons (Fsp3) is 0.462. The van der Waals surface area contributed by atoms with Gasteiger partial charge in [0.2, 0.25) is 0 Å². The molecule has 0 bridgehead atoms. The van der Waals surface area contributed by atoms with Gasteiger partial charge in [-0.25, -0.2) is 17.6 Å². The summed E-state index contributed by atoms with van der Waals surface area (Å²) >= 11 is 0. The van der Waals surface area contributed by atoms with Crippen LogP contribution in [0.2, 0.25) is 0 Å². The van der Waals surface area contributed by atoms with Crippen molar-refractivity contribution in [3.8, 4) is 0 Å². The van der Waals surface area contributed by atoms with Crippen molar-refractivity contribution in [2.45, 2.75) is 37.8 Å². The van der Waals surface area contributed by atoms with Crippen LogP contribution in [0.1, 0.15) is 18.4 Å². The van der Waals surface area contributed by atoms with E-state index >= 15 is 0 Å². The lowest BCUT2D eigenvalue weighted by atomic mass is 10.1. The van der Waals surface area contributed by atoms with Crippen molar-refractivity contribution >= 4 is 5.91 Å². The molecule has 0 aromatic heterocycles. The molecule has 21 heavy (non-hydrogen) atoms. The average Bonchev–Trinajstić information content (AvgIpc) is 3.21. The van der Waals surface area contributed by atoms with Crippen LogP contribution >= 0.6 is 0 Å². The molecule has 1 aliphatic carbocycles. The molecule has 0 atom stereocenters. The van der Waals surface area contributed by atoms with Gasteiger partial charge in [-0.05, 0) is 18.9 Å². The van der Waals surface area contributed by atoms with Gasteiger partial charge in [0, 0.05) is 24.2 Å². The first-order chi connectivity index (χ1) is 9.73. The minimum absolute atomic E-state index is 0.207. The van der Waals surface area contributed by atoms with E-state index < -0.39 is 42.5 Å². The van der Waals surface area contributed by atoms with Gasteiger partial charge in [-0.2, -0.15) is 8.78 Å². The first kappa shape index (κ1) is 15.7. The largest absolute Gasteiger partial charge is 0.383 e. The molecular weight excluding hydrogens is 300 g/mol. The molecule has 0 radical (unpaired) electrons. The van der Waals surface area contributed by atoms with Crippen LogP contribution in [0.4, 0.5) is 26.3 Å². The van der Waals surface area contributed by atoms with Crippen molar-refractivity contribution in [3.05, 3.63) is 35.4 Å². The van der Waals surface area contributed by atoms with Crippen LogP contribution in [0.15, 0.2) is 18.2 Å². The topological polar surface area (TPSA) is 20.3 Å². The normalized spacial score (nSPS) is 15.4. The lowest BCUT2D eigenvalue weighted by Gasteiger charge is -2.26. The third kappa shape index (κ3) is 3.30. The number of nitrogens with zero attached hydrogens (tertiary/aromatic N) is 1. The zero-order chi connectivity index (χ0) is 15.8. The molecule has 0 heterocycles. The van der Waals surface area contributed by atoms with Gasteiger partial charge in [-0.3, -0.25) is 4.79 Å². The predicted molar refractivity (Wildman–Crippen MR) is 60.9 cm³/mol. The number of hydrogen-bond acceptors (Lipinski definition) is 1. The lowest BCUT2D eigenvalue weighted by Crippen LogP contribution is -2.48. The summed E-state index contributed by atoms with van der Waals surface area (Å²) < 4.78 is 77.1. The molecule has 116 valence electrons. The SMILES string of the molecule is O=C(N(Cc1ccc(F)cc1F)C1CC1)C(F)(F)C(F)F. The van der Waals surface area contributed by atoms with Crippen LogP contribution in [0.3, 0.4) is 0 Å². The fourth-order valence-electron chi connectivity index (χ4n) is 1.87. The second-order valence-corrected chi connectivity index (χ2v) is 4.82. The van der Waals surface area contributed by atoms with E-state index in [1.165, 1.54) is 0 Å². The fourth-order valence-corrected chi connectivity index (χ4v) is 1.87. The first-order valence-electron chi connectivity index (χ1n) is 6.14. The molecule has 2 nitrogen and oxygen atoms in total. The van der Waals surface area contributed by atoms with Crippen LogP contribution in [0.5, 0.6) is 0 Å². The highest BCUT2D eigenvalue weighted by Crippen LogP contribution is 2.34. The van der Waals surface area contributed by atoms with E-state index in [-0.39, 0.29) is 5.56 Å². The van der Waals surface area contributed by atoms with Crippen molar-refractivity contribution in [2.24, 2.45) is 0 Å². The van der Waals surface area contributed by atoms with E-state index in [0.29, 0.717) is 23.8 Å². The minimum atomic E-state index is -4.82. The van der Waals surface area contributed by atoms with Gasteiger partial charge in [-0.15, -0.1) is 0 Å². The third-order valence-electron chi connectivity index (χ3n) is 3.16. The Morgan fingerprint density at radius 3 is 2.38 bits per heavy atom. The lowest BCUT2D eigenvalue weighted by molar-refractivity contribution is -0.181. The molecular formula is C13H11F6NO. The maximum Gasteiger partial charge on any atom is 0.383 e. The molecule has 1 saturated carbocycles. The summed E-state index contributed by atoms with van der Waals surface area (Å²) in [5, 5.41) is 0. The molecule has 1 aromatic rings. The van der Waals surface area contributed by atoms with Crippen molar-refractivity contribution in [2.75, 3.05) is 0 Å². The van der Waals surface area contributed by atoms with Crippen molar-refractivity contribution in [3.63, 3.8) is 0 Å². The van der Waals surface area contributed by atoms with Crippen LogP contribution in [-0.2, 0) is 11.3 Å². The van der Waals surface area contributed by atoms with Crippen LogP contribution < -0.4 is 0 Å². The van der Waals surface area contributed by atoms with Crippen molar-refractivity contribution in [1.29, 1.82) is 0 Å². The summed E-state index contributed by atoms with van der Waals surface area (Å²) in [4.78, 5) is 12.1. The number of alkyl halides is 4. The van der Waals surface area contributed by atoms with Gasteiger partial charge in [0.15, 0.2) is 0 Å². The molecule has 1 aliphatic rings. The van der Waals surface area contributed by atoms with Crippen molar-refractivity contribution in [1.82, 2.24) is 4.90 Å². The van der Waals surface area contributed by atoms with Gasteiger partial charge in [0.25, 0.3) is 5.91 Å². The molecule has 2 rings (SSSR count). The number of carbonyl (C=O) groups is 1. The summed E-state index contributed by atoms with van der Waals surface area (Å²) in [6.45, 7) is -0.599. The number of benzene rings is 1. The Balaban J connectivity index is 2.22. The molecule has 1 amide bonds. The Morgan fingerprint density at radius 2 is 1.90 bits per heavy atom. The van der Waals surface area contributed by atoms with Crippen molar-refractivity contribution < 1.29 is 31.1 Å². The highest BCUT2D eigenvalue weighted by atomic mass is 19.3. The second kappa shape index (κ2) is 5.57. The molecule has 8 heteroatoms. The average molecular weight is 311 g/mol. The second-order valence-electron chi connectivity index (χ2n) is 4.82. The number of carbonyl (C=O) groups excluding carboxylic acids is 1. The van der Waals surface area contributed by atoms with Gasteiger partial charge in [-0.1, -0.05) is 6.07 Å². The highest BCUT2D eigenvalue weighted by molar-refractivity contribution is 5.84. The van der Waals surface area contributed by atoms with Gasteiger partial charge >= 0.3 is 12.3 Å². The number of hydrogen-bond donors (Lipinski definition) is 0. The van der Waals surface area contributed by atoms with E-state index in [0.717, 1.165) is 12.1 Å². The van der Waals surface area contributed by atoms with Gasteiger partial charge in [0.05, 0.1) is 0 Å². The summed E-state index contributed by atoms with van der Waals surface area (Å²) in [6.07, 6.45) is -3.37. The van der Waals surface area contributed by atoms with E-state index in [4.69, 9.17) is 0 Å². The van der Waals surface area contributed by atoms with Crippen LogP contribution in [-0.4, -0.2) is 29.2 Å². The monoisotopic (exact) mass is 311 g/mol. The summed E-state index contributed by atoms with van der Waals surface area (Å²) in [6, 6.07) is 1.81. The maximum absolute atomic E-state index is 13.5. The molecule has 1 aromatic carbocycles. The van der Waals surface area contributed by atoms with E-state index in [1.807, 2.05) is 0 Å². The smallest absolute Gasteiger partial charge is 0.330 e. The molecule has 1 fully saturated rings. The van der Waals surface area contributed by atoms with Crippen LogP contribution in [0, 0.1) is 11.6 Å². The third-order valence-corrected chi connectivity index (χ3v) is 3.16. The quantitative estimate of drug-likeness (QED) is 0.764. The molecule has 0 unspecified atom stereocenters. The number of halogens is 6. The van der Waals surface area contributed by atoms with Gasteiger partial charge < -0.3 is 4.90 Å². The zero-order valence-electron chi connectivity index (χ0n) is 10.6. The van der Waals surface area contributed by atoms with Crippen LogP contribution in [0.25, 0.3) is 0 Å². The summed E-state index contributed by atoms with van der Waals surface area (Å²) in [7, 11) is 0. The molecule has 0 saturated heterocycles.